The van der Waals surface area contributed by atoms with E-state index in [2.05, 4.69) is 22.5 Å². The predicted molar refractivity (Wildman–Crippen MR) is 110 cm³/mol. The Labute approximate surface area is 169 Å². The van der Waals surface area contributed by atoms with E-state index in [1.54, 1.807) is 12.3 Å². The van der Waals surface area contributed by atoms with Gasteiger partial charge in [0.05, 0.1) is 5.52 Å². The molecule has 2 aromatic rings. The molecule has 7 nitrogen and oxygen atoms in total. The highest BCUT2D eigenvalue weighted by molar-refractivity contribution is 5.97. The number of benzene rings is 1. The zero-order valence-corrected chi connectivity index (χ0v) is 16.4. The molecule has 1 heterocycles. The lowest BCUT2D eigenvalue weighted by molar-refractivity contribution is -0.143. The summed E-state index contributed by atoms with van der Waals surface area (Å²) in [6, 6.07) is 8.92. The van der Waals surface area contributed by atoms with Crippen LogP contribution in [0.5, 0.6) is 0 Å². The largest absolute Gasteiger partial charge is 0.452 e. The van der Waals surface area contributed by atoms with Gasteiger partial charge in [0.2, 0.25) is 0 Å². The van der Waals surface area contributed by atoms with Crippen molar-refractivity contribution in [3.8, 4) is 0 Å². The number of ether oxygens (including phenoxy) is 1. The fourth-order valence-corrected chi connectivity index (χ4v) is 3.50. The van der Waals surface area contributed by atoms with Crippen LogP contribution in [0.1, 0.15) is 38.2 Å². The molecule has 3 rings (SSSR count). The Morgan fingerprint density at radius 3 is 2.79 bits per heavy atom. The summed E-state index contributed by atoms with van der Waals surface area (Å²) in [5.41, 5.74) is 1.54. The van der Waals surface area contributed by atoms with Crippen LogP contribution in [0.3, 0.4) is 0 Å². The maximum atomic E-state index is 11.9. The number of hydrogen-bond donors (Lipinski definition) is 2. The second-order valence-electron chi connectivity index (χ2n) is 7.25. The molecule has 1 aromatic carbocycles. The number of rotatable bonds is 5. The quantitative estimate of drug-likeness (QED) is 0.599. The van der Waals surface area contributed by atoms with Crippen molar-refractivity contribution < 1.29 is 19.1 Å². The Bertz CT molecular complexity index is 920. The van der Waals surface area contributed by atoms with Gasteiger partial charge in [-0.25, -0.2) is 9.59 Å². The number of hydrogen-bond acceptors (Lipinski definition) is 5. The third-order valence-corrected chi connectivity index (χ3v) is 5.09. The molecule has 152 valence electrons. The van der Waals surface area contributed by atoms with Crippen LogP contribution in [0.4, 0.5) is 4.79 Å². The van der Waals surface area contributed by atoms with Gasteiger partial charge in [-0.15, -0.1) is 0 Å². The summed E-state index contributed by atoms with van der Waals surface area (Å²) in [4.78, 5) is 40.0. The van der Waals surface area contributed by atoms with Crippen LogP contribution in [0.2, 0.25) is 0 Å². The fraction of sp³-hybridized carbons (Fsp3) is 0.364. The number of carbonyl (C=O) groups is 3. The lowest BCUT2D eigenvalue weighted by atomic mass is 9.86. The minimum Gasteiger partial charge on any atom is -0.452 e. The standard InChI is InChI=1S/C22H25N3O4/c1-15-6-2-3-10-18(15)24-22(28)25-19(26)14-29-20(27)12-11-17-8-4-7-16-9-5-13-23-21(16)17/h4-5,7-9,11-13,15,18H,2-3,6,10,14H2,1H3,(H2,24,25,26,28)/b12-11+. The van der Waals surface area contributed by atoms with Crippen LogP contribution in [-0.4, -0.2) is 35.5 Å². The van der Waals surface area contributed by atoms with E-state index in [1.165, 1.54) is 6.08 Å². The molecule has 0 saturated heterocycles. The van der Waals surface area contributed by atoms with Gasteiger partial charge in [-0.05, 0) is 30.9 Å². The van der Waals surface area contributed by atoms with Crippen molar-refractivity contribution in [2.24, 2.45) is 5.92 Å². The molecule has 0 aliphatic heterocycles. The third-order valence-electron chi connectivity index (χ3n) is 5.09. The van der Waals surface area contributed by atoms with E-state index >= 15 is 0 Å². The SMILES string of the molecule is CC1CCCCC1NC(=O)NC(=O)COC(=O)/C=C/c1cccc2cccnc12. The number of urea groups is 1. The molecular weight excluding hydrogens is 370 g/mol. The molecule has 1 aliphatic carbocycles. The number of amides is 3. The molecule has 2 N–H and O–H groups in total. The summed E-state index contributed by atoms with van der Waals surface area (Å²) in [5, 5.41) is 5.98. The minimum atomic E-state index is -0.672. The molecule has 0 bridgehead atoms. The second-order valence-corrected chi connectivity index (χ2v) is 7.25. The number of pyridine rings is 1. The molecule has 2 unspecified atom stereocenters. The molecule has 29 heavy (non-hydrogen) atoms. The van der Waals surface area contributed by atoms with Gasteiger partial charge in [-0.2, -0.15) is 0 Å². The zero-order chi connectivity index (χ0) is 20.6. The molecule has 0 radical (unpaired) electrons. The highest BCUT2D eigenvalue weighted by atomic mass is 16.5. The van der Waals surface area contributed by atoms with Gasteiger partial charge in [-0.1, -0.05) is 44.0 Å². The summed E-state index contributed by atoms with van der Waals surface area (Å²) >= 11 is 0. The first kappa shape index (κ1) is 20.5. The molecule has 3 amide bonds. The van der Waals surface area contributed by atoms with Crippen molar-refractivity contribution in [3.05, 3.63) is 48.2 Å². The number of nitrogens with one attached hydrogen (secondary N) is 2. The van der Waals surface area contributed by atoms with Gasteiger partial charge in [0.25, 0.3) is 5.91 Å². The average molecular weight is 395 g/mol. The molecule has 1 aromatic heterocycles. The first-order valence-corrected chi connectivity index (χ1v) is 9.82. The number of carbonyl (C=O) groups excluding carboxylic acids is 3. The Kier molecular flexibility index (Phi) is 6.94. The van der Waals surface area contributed by atoms with Crippen molar-refractivity contribution >= 4 is 34.9 Å². The maximum absolute atomic E-state index is 11.9. The molecule has 2 atom stereocenters. The Balaban J connectivity index is 1.45. The van der Waals surface area contributed by atoms with Crippen molar-refractivity contribution in [1.29, 1.82) is 0 Å². The maximum Gasteiger partial charge on any atom is 0.331 e. The number of fused-ring (bicyclic) bond motifs is 1. The first-order valence-electron chi connectivity index (χ1n) is 9.82. The van der Waals surface area contributed by atoms with Gasteiger partial charge in [-0.3, -0.25) is 15.1 Å². The van der Waals surface area contributed by atoms with Crippen LogP contribution in [0.25, 0.3) is 17.0 Å². The van der Waals surface area contributed by atoms with Gasteiger partial charge < -0.3 is 10.1 Å². The summed E-state index contributed by atoms with van der Waals surface area (Å²) in [7, 11) is 0. The fourth-order valence-electron chi connectivity index (χ4n) is 3.50. The lowest BCUT2D eigenvalue weighted by Gasteiger charge is -2.29. The smallest absolute Gasteiger partial charge is 0.331 e. The van der Waals surface area contributed by atoms with Crippen LogP contribution in [0.15, 0.2) is 42.6 Å². The Hall–Kier alpha value is -3.22. The van der Waals surface area contributed by atoms with Crippen LogP contribution in [0, 0.1) is 5.92 Å². The lowest BCUT2D eigenvalue weighted by Crippen LogP contribution is -2.48. The Morgan fingerprint density at radius 1 is 1.17 bits per heavy atom. The molecule has 1 fully saturated rings. The first-order chi connectivity index (χ1) is 14.0. The Morgan fingerprint density at radius 2 is 1.97 bits per heavy atom. The molecule has 7 heteroatoms. The van der Waals surface area contributed by atoms with Gasteiger partial charge >= 0.3 is 12.0 Å². The summed E-state index contributed by atoms with van der Waals surface area (Å²) in [5.74, 6) is -0.954. The second kappa shape index (κ2) is 9.82. The normalized spacial score (nSPS) is 19.1. The molecule has 1 saturated carbocycles. The van der Waals surface area contributed by atoms with E-state index in [0.717, 1.165) is 42.1 Å². The molecular formula is C22H25N3O4. The summed E-state index contributed by atoms with van der Waals surface area (Å²) in [6.07, 6.45) is 8.72. The molecule has 0 spiro atoms. The summed E-state index contributed by atoms with van der Waals surface area (Å²) < 4.78 is 4.91. The minimum absolute atomic E-state index is 0.0661. The number of imide groups is 1. The van der Waals surface area contributed by atoms with Crippen molar-refractivity contribution in [2.45, 2.75) is 38.6 Å². The summed E-state index contributed by atoms with van der Waals surface area (Å²) in [6.45, 7) is 1.57. The van der Waals surface area contributed by atoms with Crippen LogP contribution < -0.4 is 10.6 Å². The van der Waals surface area contributed by atoms with E-state index in [-0.39, 0.29) is 6.04 Å². The third kappa shape index (κ3) is 5.88. The number of para-hydroxylation sites is 1. The van der Waals surface area contributed by atoms with Crippen molar-refractivity contribution in [1.82, 2.24) is 15.6 Å². The van der Waals surface area contributed by atoms with E-state index in [9.17, 15) is 14.4 Å². The topological polar surface area (TPSA) is 97.4 Å². The van der Waals surface area contributed by atoms with Gasteiger partial charge in [0.15, 0.2) is 6.61 Å². The number of esters is 1. The average Bonchev–Trinajstić information content (AvgIpc) is 2.72. The molecule has 1 aliphatic rings. The van der Waals surface area contributed by atoms with E-state index in [1.807, 2.05) is 30.3 Å². The van der Waals surface area contributed by atoms with Gasteiger partial charge in [0, 0.05) is 29.3 Å². The van der Waals surface area contributed by atoms with Crippen LogP contribution in [-0.2, 0) is 14.3 Å². The van der Waals surface area contributed by atoms with E-state index in [0.29, 0.717) is 5.92 Å². The van der Waals surface area contributed by atoms with Gasteiger partial charge in [0.1, 0.15) is 0 Å². The van der Waals surface area contributed by atoms with E-state index < -0.39 is 24.5 Å². The highest BCUT2D eigenvalue weighted by Gasteiger charge is 2.23. The predicted octanol–water partition coefficient (Wildman–Crippen LogP) is 3.20. The highest BCUT2D eigenvalue weighted by Crippen LogP contribution is 2.23. The van der Waals surface area contributed by atoms with Crippen molar-refractivity contribution in [3.63, 3.8) is 0 Å². The monoisotopic (exact) mass is 395 g/mol. The number of nitrogens with zero attached hydrogens (tertiary/aromatic N) is 1. The number of aromatic nitrogens is 1. The zero-order valence-electron chi connectivity index (χ0n) is 16.4. The van der Waals surface area contributed by atoms with E-state index in [4.69, 9.17) is 4.74 Å². The van der Waals surface area contributed by atoms with Crippen molar-refractivity contribution in [2.75, 3.05) is 6.61 Å². The van der Waals surface area contributed by atoms with Crippen LogP contribution >= 0.6 is 0 Å².